The summed E-state index contributed by atoms with van der Waals surface area (Å²) in [7, 11) is 0. The van der Waals surface area contributed by atoms with E-state index in [1.54, 1.807) is 12.1 Å². The summed E-state index contributed by atoms with van der Waals surface area (Å²) < 4.78 is 6.50. The number of nitrogens with zero attached hydrogens (tertiary/aromatic N) is 1. The lowest BCUT2D eigenvalue weighted by Crippen LogP contribution is -1.96. The molecular formula is C15H12BrNO2. The predicted molar refractivity (Wildman–Crippen MR) is 75.6 cm³/mol. The lowest BCUT2D eigenvalue weighted by molar-refractivity contribution is 0.280. The van der Waals surface area contributed by atoms with Crippen molar-refractivity contribution in [2.24, 2.45) is 0 Å². The van der Waals surface area contributed by atoms with Crippen molar-refractivity contribution in [2.75, 3.05) is 0 Å². The first-order chi connectivity index (χ1) is 9.22. The third-order valence-electron chi connectivity index (χ3n) is 2.66. The van der Waals surface area contributed by atoms with Crippen LogP contribution < -0.4 is 4.74 Å². The molecule has 0 aliphatic carbocycles. The van der Waals surface area contributed by atoms with E-state index in [-0.39, 0.29) is 6.61 Å². The summed E-state index contributed by atoms with van der Waals surface area (Å²) in [5, 5.41) is 17.7. The summed E-state index contributed by atoms with van der Waals surface area (Å²) in [5.41, 5.74) is 2.46. The largest absolute Gasteiger partial charge is 0.488 e. The Kier molecular flexibility index (Phi) is 4.56. The zero-order valence-corrected chi connectivity index (χ0v) is 11.7. The number of hydrogen-bond acceptors (Lipinski definition) is 3. The van der Waals surface area contributed by atoms with Crippen LogP contribution in [0.15, 0.2) is 46.9 Å². The van der Waals surface area contributed by atoms with Gasteiger partial charge < -0.3 is 9.84 Å². The molecule has 0 saturated heterocycles. The molecule has 19 heavy (non-hydrogen) atoms. The zero-order chi connectivity index (χ0) is 13.7. The van der Waals surface area contributed by atoms with E-state index in [1.165, 1.54) is 0 Å². The highest BCUT2D eigenvalue weighted by Gasteiger charge is 2.03. The first kappa shape index (κ1) is 13.6. The number of ether oxygens (including phenoxy) is 1. The zero-order valence-electron chi connectivity index (χ0n) is 10.1. The highest BCUT2D eigenvalue weighted by molar-refractivity contribution is 9.10. The van der Waals surface area contributed by atoms with Gasteiger partial charge in [0.05, 0.1) is 22.7 Å². The molecular weight excluding hydrogens is 306 g/mol. The van der Waals surface area contributed by atoms with Gasteiger partial charge in [-0.1, -0.05) is 18.2 Å². The van der Waals surface area contributed by atoms with Crippen molar-refractivity contribution in [3.05, 3.63) is 63.6 Å². The number of rotatable bonds is 4. The Balaban J connectivity index is 2.04. The standard InChI is InChI=1S/C15H12BrNO2/c16-14-7-13(9-18)5-6-15(14)19-10-12-3-1-11(8-17)2-4-12/h1-7,18H,9-10H2. The van der Waals surface area contributed by atoms with Gasteiger partial charge in [-0.3, -0.25) is 0 Å². The van der Waals surface area contributed by atoms with Gasteiger partial charge in [0.2, 0.25) is 0 Å². The van der Waals surface area contributed by atoms with E-state index in [1.807, 2.05) is 30.3 Å². The van der Waals surface area contributed by atoms with E-state index in [9.17, 15) is 0 Å². The summed E-state index contributed by atoms with van der Waals surface area (Å²) in [6, 6.07) is 14.8. The third-order valence-corrected chi connectivity index (χ3v) is 3.28. The highest BCUT2D eigenvalue weighted by Crippen LogP contribution is 2.26. The van der Waals surface area contributed by atoms with Gasteiger partial charge in [-0.05, 0) is 51.3 Å². The van der Waals surface area contributed by atoms with Crippen molar-refractivity contribution in [3.63, 3.8) is 0 Å². The lowest BCUT2D eigenvalue weighted by atomic mass is 10.1. The number of aliphatic hydroxyl groups is 1. The Morgan fingerprint density at radius 3 is 2.37 bits per heavy atom. The van der Waals surface area contributed by atoms with Crippen LogP contribution in [0.4, 0.5) is 0 Å². The van der Waals surface area contributed by atoms with Crippen molar-refractivity contribution in [1.29, 1.82) is 5.26 Å². The van der Waals surface area contributed by atoms with Crippen LogP contribution in [0.25, 0.3) is 0 Å². The molecule has 96 valence electrons. The molecule has 0 spiro atoms. The van der Waals surface area contributed by atoms with E-state index in [2.05, 4.69) is 22.0 Å². The maximum atomic E-state index is 9.02. The Morgan fingerprint density at radius 2 is 1.79 bits per heavy atom. The quantitative estimate of drug-likeness (QED) is 0.940. The molecule has 1 N–H and O–H groups in total. The van der Waals surface area contributed by atoms with Gasteiger partial charge in [0.1, 0.15) is 12.4 Å². The van der Waals surface area contributed by atoms with Crippen LogP contribution in [0.5, 0.6) is 5.75 Å². The minimum atomic E-state index is 0.00843. The van der Waals surface area contributed by atoms with Gasteiger partial charge in [0.25, 0.3) is 0 Å². The SMILES string of the molecule is N#Cc1ccc(COc2ccc(CO)cc2Br)cc1. The van der Waals surface area contributed by atoms with Crippen LogP contribution in [0.2, 0.25) is 0 Å². The highest BCUT2D eigenvalue weighted by atomic mass is 79.9. The van der Waals surface area contributed by atoms with Gasteiger partial charge in [0.15, 0.2) is 0 Å². The van der Waals surface area contributed by atoms with Crippen molar-refractivity contribution < 1.29 is 9.84 Å². The molecule has 3 nitrogen and oxygen atoms in total. The predicted octanol–water partition coefficient (Wildman–Crippen LogP) is 3.39. The van der Waals surface area contributed by atoms with Crippen LogP contribution in [-0.4, -0.2) is 5.11 Å². The number of benzene rings is 2. The van der Waals surface area contributed by atoms with E-state index in [0.29, 0.717) is 12.2 Å². The van der Waals surface area contributed by atoms with E-state index in [4.69, 9.17) is 15.1 Å². The summed E-state index contributed by atoms with van der Waals surface area (Å²) >= 11 is 3.41. The molecule has 0 unspecified atom stereocenters. The van der Waals surface area contributed by atoms with Gasteiger partial charge in [0, 0.05) is 0 Å². The van der Waals surface area contributed by atoms with Crippen molar-refractivity contribution >= 4 is 15.9 Å². The lowest BCUT2D eigenvalue weighted by Gasteiger charge is -2.09. The Bertz CT molecular complexity index is 603. The van der Waals surface area contributed by atoms with Crippen molar-refractivity contribution in [1.82, 2.24) is 0 Å². The smallest absolute Gasteiger partial charge is 0.134 e. The monoisotopic (exact) mass is 317 g/mol. The van der Waals surface area contributed by atoms with Gasteiger partial charge in [-0.2, -0.15) is 5.26 Å². The topological polar surface area (TPSA) is 53.2 Å². The normalized spacial score (nSPS) is 9.95. The first-order valence-corrected chi connectivity index (χ1v) is 6.53. The molecule has 2 aromatic rings. The average molecular weight is 318 g/mol. The minimum Gasteiger partial charge on any atom is -0.488 e. The third kappa shape index (κ3) is 3.57. The van der Waals surface area contributed by atoms with Gasteiger partial charge >= 0.3 is 0 Å². The molecule has 0 heterocycles. The second-order valence-corrected chi connectivity index (χ2v) is 4.87. The molecule has 0 fully saturated rings. The van der Waals surface area contributed by atoms with Crippen LogP contribution in [-0.2, 0) is 13.2 Å². The Labute approximate surface area is 120 Å². The molecule has 0 bridgehead atoms. The first-order valence-electron chi connectivity index (χ1n) is 5.74. The fourth-order valence-electron chi connectivity index (χ4n) is 1.60. The van der Waals surface area contributed by atoms with Gasteiger partial charge in [-0.25, -0.2) is 0 Å². The Morgan fingerprint density at radius 1 is 1.11 bits per heavy atom. The Hall–Kier alpha value is -1.83. The van der Waals surface area contributed by atoms with Crippen LogP contribution in [0.1, 0.15) is 16.7 Å². The summed E-state index contributed by atoms with van der Waals surface area (Å²) in [6.45, 7) is 0.442. The minimum absolute atomic E-state index is 0.00843. The molecule has 0 saturated carbocycles. The fraction of sp³-hybridized carbons (Fsp3) is 0.133. The number of hydrogen-bond donors (Lipinski definition) is 1. The second-order valence-electron chi connectivity index (χ2n) is 4.02. The molecule has 2 aromatic carbocycles. The van der Waals surface area contributed by atoms with E-state index in [0.717, 1.165) is 21.3 Å². The number of nitriles is 1. The van der Waals surface area contributed by atoms with Gasteiger partial charge in [-0.15, -0.1) is 0 Å². The average Bonchev–Trinajstić information content (AvgIpc) is 2.46. The molecule has 0 radical (unpaired) electrons. The molecule has 0 aromatic heterocycles. The van der Waals surface area contributed by atoms with Crippen molar-refractivity contribution in [3.8, 4) is 11.8 Å². The maximum absolute atomic E-state index is 9.02. The molecule has 0 atom stereocenters. The summed E-state index contributed by atoms with van der Waals surface area (Å²) in [4.78, 5) is 0. The second kappa shape index (κ2) is 6.37. The van der Waals surface area contributed by atoms with E-state index >= 15 is 0 Å². The van der Waals surface area contributed by atoms with Crippen LogP contribution >= 0.6 is 15.9 Å². The molecule has 0 amide bonds. The molecule has 0 aliphatic heterocycles. The number of aliphatic hydroxyl groups excluding tert-OH is 1. The van der Waals surface area contributed by atoms with Crippen LogP contribution in [0.3, 0.4) is 0 Å². The molecule has 0 aliphatic rings. The number of halogens is 1. The fourth-order valence-corrected chi connectivity index (χ4v) is 2.14. The summed E-state index contributed by atoms with van der Waals surface area (Å²) in [5.74, 6) is 0.724. The maximum Gasteiger partial charge on any atom is 0.134 e. The molecule has 2 rings (SSSR count). The van der Waals surface area contributed by atoms with E-state index < -0.39 is 0 Å². The summed E-state index contributed by atoms with van der Waals surface area (Å²) in [6.07, 6.45) is 0. The molecule has 4 heteroatoms. The van der Waals surface area contributed by atoms with Crippen LogP contribution in [0, 0.1) is 11.3 Å². The van der Waals surface area contributed by atoms with Crippen molar-refractivity contribution in [2.45, 2.75) is 13.2 Å².